The number of carbonyl (C=O) groups excluding carboxylic acids is 1. The molecular weight excluding hydrogens is 280 g/mol. The van der Waals surface area contributed by atoms with E-state index in [-0.39, 0.29) is 11.8 Å². The number of hydrogen-bond acceptors (Lipinski definition) is 4. The minimum absolute atomic E-state index is 0.0170. The first-order chi connectivity index (χ1) is 7.58. The Morgan fingerprint density at radius 3 is 2.81 bits per heavy atom. The molecule has 1 N–H and O–H groups in total. The zero-order valence-corrected chi connectivity index (χ0v) is 10.2. The van der Waals surface area contributed by atoms with Crippen LogP contribution in [0.25, 0.3) is 0 Å². The molecule has 0 aliphatic rings. The summed E-state index contributed by atoms with van der Waals surface area (Å²) >= 11 is 3.25. The fraction of sp³-hybridized carbons (Fsp3) is 0.444. The lowest BCUT2D eigenvalue weighted by Crippen LogP contribution is -2.35. The summed E-state index contributed by atoms with van der Waals surface area (Å²) < 4.78 is 4.77. The number of amides is 1. The van der Waals surface area contributed by atoms with Crippen LogP contribution >= 0.6 is 15.9 Å². The normalized spacial score (nSPS) is 12.1. The molecule has 0 spiro atoms. The van der Waals surface area contributed by atoms with Gasteiger partial charge in [-0.2, -0.15) is 0 Å². The molecule has 1 unspecified atom stereocenters. The summed E-state index contributed by atoms with van der Waals surface area (Å²) in [5.74, 6) is -0.928. The molecule has 88 valence electrons. The molecule has 0 saturated carbocycles. The number of furan rings is 1. The van der Waals surface area contributed by atoms with Gasteiger partial charge in [0.2, 0.25) is 0 Å². The van der Waals surface area contributed by atoms with Gasteiger partial charge in [-0.05, 0) is 12.5 Å². The second-order valence-corrected chi connectivity index (χ2v) is 3.78. The number of nitrogens with zero attached hydrogens (tertiary/aromatic N) is 1. The van der Waals surface area contributed by atoms with Crippen molar-refractivity contribution in [2.24, 2.45) is 0 Å². The summed E-state index contributed by atoms with van der Waals surface area (Å²) in [6.07, 6.45) is 0.764. The molecule has 1 aromatic rings. The number of carbonyl (C=O) groups is 1. The molecule has 0 aliphatic carbocycles. The fourth-order valence-corrected chi connectivity index (χ4v) is 1.67. The SMILES string of the molecule is CCC(CBr)NC(=O)c1ccc([N+](=O)[O-])o1. The van der Waals surface area contributed by atoms with Crippen LogP contribution in [0.4, 0.5) is 5.88 Å². The Bertz CT molecular complexity index is 387. The third kappa shape index (κ3) is 3.06. The standard InChI is InChI=1S/C9H11BrN2O4/c1-2-6(5-10)11-9(13)7-3-4-8(16-7)12(14)15/h3-4,6H,2,5H2,1H3,(H,11,13). The van der Waals surface area contributed by atoms with Crippen LogP contribution in [0.1, 0.15) is 23.9 Å². The van der Waals surface area contributed by atoms with E-state index < -0.39 is 16.7 Å². The Labute approximate surface area is 100 Å². The Hall–Kier alpha value is -1.37. The maximum atomic E-state index is 11.6. The highest BCUT2D eigenvalue weighted by molar-refractivity contribution is 9.09. The van der Waals surface area contributed by atoms with E-state index in [1.165, 1.54) is 6.07 Å². The van der Waals surface area contributed by atoms with Crippen molar-refractivity contribution >= 4 is 27.7 Å². The molecule has 0 saturated heterocycles. The van der Waals surface area contributed by atoms with E-state index in [2.05, 4.69) is 21.2 Å². The fourth-order valence-electron chi connectivity index (χ4n) is 1.05. The summed E-state index contributed by atoms with van der Waals surface area (Å²) in [5, 5.41) is 13.6. The van der Waals surface area contributed by atoms with Crippen LogP contribution in [0.15, 0.2) is 16.5 Å². The first-order valence-electron chi connectivity index (χ1n) is 4.69. The summed E-state index contributed by atoms with van der Waals surface area (Å²) in [4.78, 5) is 21.2. The van der Waals surface area contributed by atoms with E-state index in [4.69, 9.17) is 4.42 Å². The van der Waals surface area contributed by atoms with Gasteiger partial charge in [-0.25, -0.2) is 0 Å². The quantitative estimate of drug-likeness (QED) is 0.511. The van der Waals surface area contributed by atoms with E-state index in [1.807, 2.05) is 6.92 Å². The number of alkyl halides is 1. The molecular formula is C9H11BrN2O4. The van der Waals surface area contributed by atoms with Gasteiger partial charge in [-0.15, -0.1) is 0 Å². The predicted octanol–water partition coefficient (Wildman–Crippen LogP) is 2.09. The molecule has 1 rings (SSSR count). The maximum Gasteiger partial charge on any atom is 0.433 e. The van der Waals surface area contributed by atoms with Gasteiger partial charge in [0.15, 0.2) is 5.76 Å². The van der Waals surface area contributed by atoms with Crippen molar-refractivity contribution in [1.29, 1.82) is 0 Å². The average Bonchev–Trinajstić information content (AvgIpc) is 2.74. The van der Waals surface area contributed by atoms with Crippen LogP contribution in [-0.2, 0) is 0 Å². The van der Waals surface area contributed by atoms with E-state index in [0.29, 0.717) is 5.33 Å². The van der Waals surface area contributed by atoms with Gasteiger partial charge in [0, 0.05) is 11.4 Å². The van der Waals surface area contributed by atoms with Gasteiger partial charge in [0.25, 0.3) is 5.91 Å². The molecule has 6 nitrogen and oxygen atoms in total. The van der Waals surface area contributed by atoms with E-state index in [0.717, 1.165) is 12.5 Å². The molecule has 1 aromatic heterocycles. The zero-order chi connectivity index (χ0) is 12.1. The van der Waals surface area contributed by atoms with Gasteiger partial charge in [0.1, 0.15) is 4.92 Å². The monoisotopic (exact) mass is 290 g/mol. The van der Waals surface area contributed by atoms with Crippen molar-refractivity contribution in [2.75, 3.05) is 5.33 Å². The Morgan fingerprint density at radius 2 is 2.38 bits per heavy atom. The van der Waals surface area contributed by atoms with Crippen LogP contribution < -0.4 is 5.32 Å². The number of nitrogens with one attached hydrogen (secondary N) is 1. The lowest BCUT2D eigenvalue weighted by Gasteiger charge is -2.11. The largest absolute Gasteiger partial charge is 0.433 e. The van der Waals surface area contributed by atoms with Crippen LogP contribution in [0, 0.1) is 10.1 Å². The molecule has 16 heavy (non-hydrogen) atoms. The van der Waals surface area contributed by atoms with Crippen molar-refractivity contribution in [1.82, 2.24) is 5.32 Å². The molecule has 1 amide bonds. The number of nitro groups is 1. The van der Waals surface area contributed by atoms with Gasteiger partial charge < -0.3 is 9.73 Å². The van der Waals surface area contributed by atoms with Crippen molar-refractivity contribution in [3.8, 4) is 0 Å². The van der Waals surface area contributed by atoms with E-state index in [1.54, 1.807) is 0 Å². The smallest absolute Gasteiger partial charge is 0.395 e. The van der Waals surface area contributed by atoms with Crippen LogP contribution in [0.3, 0.4) is 0 Å². The molecule has 1 heterocycles. The third-order valence-corrected chi connectivity index (χ3v) is 2.79. The maximum absolute atomic E-state index is 11.6. The first-order valence-corrected chi connectivity index (χ1v) is 5.81. The number of halogens is 1. The Morgan fingerprint density at radius 1 is 1.69 bits per heavy atom. The Balaban J connectivity index is 2.69. The van der Waals surface area contributed by atoms with Crippen molar-refractivity contribution in [3.63, 3.8) is 0 Å². The summed E-state index contributed by atoms with van der Waals surface area (Å²) in [7, 11) is 0. The molecule has 0 fully saturated rings. The molecule has 0 aromatic carbocycles. The van der Waals surface area contributed by atoms with Crippen molar-refractivity contribution in [3.05, 3.63) is 28.0 Å². The number of hydrogen-bond donors (Lipinski definition) is 1. The van der Waals surface area contributed by atoms with Gasteiger partial charge in [0.05, 0.1) is 6.07 Å². The molecule has 0 aliphatic heterocycles. The topological polar surface area (TPSA) is 85.4 Å². The number of rotatable bonds is 5. The van der Waals surface area contributed by atoms with Gasteiger partial charge in [-0.1, -0.05) is 22.9 Å². The molecule has 7 heteroatoms. The summed E-state index contributed by atoms with van der Waals surface area (Å²) in [6, 6.07) is 2.43. The minimum atomic E-state index is -0.682. The highest BCUT2D eigenvalue weighted by Crippen LogP contribution is 2.15. The first kappa shape index (κ1) is 12.7. The van der Waals surface area contributed by atoms with Crippen LogP contribution in [-0.4, -0.2) is 22.2 Å². The molecule has 0 radical (unpaired) electrons. The second-order valence-electron chi connectivity index (χ2n) is 3.13. The predicted molar refractivity (Wildman–Crippen MR) is 60.7 cm³/mol. The van der Waals surface area contributed by atoms with Crippen LogP contribution in [0.5, 0.6) is 0 Å². The second kappa shape index (κ2) is 5.64. The summed E-state index contributed by atoms with van der Waals surface area (Å²) in [6.45, 7) is 1.93. The lowest BCUT2D eigenvalue weighted by atomic mass is 10.2. The van der Waals surface area contributed by atoms with Gasteiger partial charge in [-0.3, -0.25) is 14.9 Å². The zero-order valence-electron chi connectivity index (χ0n) is 8.60. The van der Waals surface area contributed by atoms with E-state index in [9.17, 15) is 14.9 Å². The minimum Gasteiger partial charge on any atom is -0.395 e. The highest BCUT2D eigenvalue weighted by Gasteiger charge is 2.18. The van der Waals surface area contributed by atoms with Crippen LogP contribution in [0.2, 0.25) is 0 Å². The average molecular weight is 291 g/mol. The Kier molecular flexibility index (Phi) is 4.48. The van der Waals surface area contributed by atoms with Crippen molar-refractivity contribution < 1.29 is 14.1 Å². The highest BCUT2D eigenvalue weighted by atomic mass is 79.9. The lowest BCUT2D eigenvalue weighted by molar-refractivity contribution is -0.402. The third-order valence-electron chi connectivity index (χ3n) is 2.01. The van der Waals surface area contributed by atoms with Gasteiger partial charge >= 0.3 is 5.88 Å². The van der Waals surface area contributed by atoms with E-state index >= 15 is 0 Å². The van der Waals surface area contributed by atoms with Crippen molar-refractivity contribution in [2.45, 2.75) is 19.4 Å². The molecule has 1 atom stereocenters. The summed E-state index contributed by atoms with van der Waals surface area (Å²) in [5.41, 5.74) is 0. The molecule has 0 bridgehead atoms.